The molecule has 0 aliphatic heterocycles. The van der Waals surface area contributed by atoms with Crippen LogP contribution in [0.2, 0.25) is 0 Å². The molecule has 1 N–H and O–H groups in total. The summed E-state index contributed by atoms with van der Waals surface area (Å²) in [7, 11) is 1.55. The van der Waals surface area contributed by atoms with E-state index in [1.807, 2.05) is 37.3 Å². The van der Waals surface area contributed by atoms with Gasteiger partial charge in [-0.15, -0.1) is 10.2 Å². The molecule has 2 aromatic carbocycles. The lowest BCUT2D eigenvalue weighted by Gasteiger charge is -2.12. The van der Waals surface area contributed by atoms with E-state index in [2.05, 4.69) is 25.5 Å². The number of hydrogen-bond donors (Lipinski definition) is 1. The number of nitrogens with zero attached hydrogens (tertiary/aromatic N) is 5. The molecule has 4 aromatic rings. The molecule has 0 saturated heterocycles. The van der Waals surface area contributed by atoms with Crippen LogP contribution in [0.5, 0.6) is 6.01 Å². The van der Waals surface area contributed by atoms with Gasteiger partial charge in [-0.25, -0.2) is 8.96 Å². The van der Waals surface area contributed by atoms with Gasteiger partial charge in [-0.2, -0.15) is 9.97 Å². The summed E-state index contributed by atoms with van der Waals surface area (Å²) in [4.78, 5) is 9.10. The van der Waals surface area contributed by atoms with Crippen molar-refractivity contribution in [2.45, 2.75) is 19.9 Å². The Balaban J connectivity index is 1.73. The number of halogens is 1. The van der Waals surface area contributed by atoms with Crippen molar-refractivity contribution in [3.63, 3.8) is 0 Å². The van der Waals surface area contributed by atoms with Crippen LogP contribution in [0.15, 0.2) is 48.5 Å². The van der Waals surface area contributed by atoms with Gasteiger partial charge < -0.3 is 10.1 Å². The van der Waals surface area contributed by atoms with Crippen LogP contribution in [-0.2, 0) is 13.0 Å². The Morgan fingerprint density at radius 1 is 1.07 bits per heavy atom. The highest BCUT2D eigenvalue weighted by Gasteiger charge is 2.17. The molecule has 0 atom stereocenters. The molecule has 0 aliphatic rings. The molecule has 2 aromatic heterocycles. The van der Waals surface area contributed by atoms with Gasteiger partial charge in [-0.1, -0.05) is 31.2 Å². The number of hydrogen-bond acceptors (Lipinski definition) is 6. The van der Waals surface area contributed by atoms with Crippen LogP contribution in [0.25, 0.3) is 17.0 Å². The number of fused-ring (bicyclic) bond motifs is 1. The van der Waals surface area contributed by atoms with Crippen LogP contribution in [-0.4, -0.2) is 31.8 Å². The van der Waals surface area contributed by atoms with E-state index in [9.17, 15) is 4.39 Å². The Bertz CT molecular complexity index is 1130. The maximum absolute atomic E-state index is 13.4. The third-order valence-corrected chi connectivity index (χ3v) is 4.34. The summed E-state index contributed by atoms with van der Waals surface area (Å²) in [6.07, 6.45) is 0.660. The zero-order chi connectivity index (χ0) is 19.5. The molecule has 2 heterocycles. The van der Waals surface area contributed by atoms with Crippen LogP contribution >= 0.6 is 0 Å². The number of benzene rings is 2. The predicted octanol–water partition coefficient (Wildman–Crippen LogP) is 3.53. The number of imidazole rings is 1. The van der Waals surface area contributed by atoms with Gasteiger partial charge in [-0.05, 0) is 36.2 Å². The van der Waals surface area contributed by atoms with Crippen LogP contribution < -0.4 is 10.1 Å². The van der Waals surface area contributed by atoms with E-state index in [-0.39, 0.29) is 5.82 Å². The minimum absolute atomic E-state index is 0.272. The Labute approximate surface area is 161 Å². The number of aromatic nitrogens is 5. The van der Waals surface area contributed by atoms with Crippen molar-refractivity contribution < 1.29 is 9.13 Å². The van der Waals surface area contributed by atoms with Crippen molar-refractivity contribution in [3.8, 4) is 12.0 Å². The average Bonchev–Trinajstić information content (AvgIpc) is 3.11. The van der Waals surface area contributed by atoms with E-state index in [1.54, 1.807) is 17.7 Å². The average molecular weight is 378 g/mol. The van der Waals surface area contributed by atoms with Crippen molar-refractivity contribution in [2.75, 3.05) is 12.4 Å². The molecule has 142 valence electrons. The zero-order valence-electron chi connectivity index (χ0n) is 15.6. The van der Waals surface area contributed by atoms with Gasteiger partial charge in [0.1, 0.15) is 11.5 Å². The molecule has 7 nitrogen and oxygen atoms in total. The number of anilines is 1. The van der Waals surface area contributed by atoms with Crippen LogP contribution in [0.4, 0.5) is 10.2 Å². The minimum atomic E-state index is -0.272. The molecule has 28 heavy (non-hydrogen) atoms. The van der Waals surface area contributed by atoms with Crippen molar-refractivity contribution >= 4 is 16.9 Å². The molecule has 0 radical (unpaired) electrons. The van der Waals surface area contributed by atoms with Gasteiger partial charge in [0.25, 0.3) is 5.95 Å². The van der Waals surface area contributed by atoms with Crippen LogP contribution in [0.3, 0.4) is 0 Å². The Morgan fingerprint density at radius 3 is 2.71 bits per heavy atom. The third-order valence-electron chi connectivity index (χ3n) is 4.34. The Kier molecular flexibility index (Phi) is 4.84. The largest absolute Gasteiger partial charge is 0.468 e. The van der Waals surface area contributed by atoms with Crippen LogP contribution in [0, 0.1) is 5.82 Å². The smallest absolute Gasteiger partial charge is 0.304 e. The molecule has 4 rings (SSSR count). The first-order valence-electron chi connectivity index (χ1n) is 8.93. The van der Waals surface area contributed by atoms with E-state index in [4.69, 9.17) is 4.74 Å². The molecule has 8 heteroatoms. The fourth-order valence-electron chi connectivity index (χ4n) is 2.98. The number of nitrogens with one attached hydrogen (secondary N) is 1. The van der Waals surface area contributed by atoms with E-state index in [0.717, 1.165) is 22.3 Å². The minimum Gasteiger partial charge on any atom is -0.468 e. The Hall–Kier alpha value is -3.55. The van der Waals surface area contributed by atoms with Gasteiger partial charge in [-0.3, -0.25) is 0 Å². The standard InChI is InChI=1S/C20H19FN6O/c1-3-15-18(22-12-13-7-6-8-14(21)11-13)24-19(26-25-15)27-17-10-5-4-9-16(17)23-20(27)28-2/h4-11H,3,12H2,1-2H3,(H,22,24,26). The van der Waals surface area contributed by atoms with Gasteiger partial charge >= 0.3 is 6.01 Å². The van der Waals surface area contributed by atoms with Crippen molar-refractivity contribution in [2.24, 2.45) is 0 Å². The quantitative estimate of drug-likeness (QED) is 0.553. The number of methoxy groups -OCH3 is 1. The molecule has 0 amide bonds. The maximum Gasteiger partial charge on any atom is 0.304 e. The highest BCUT2D eigenvalue weighted by molar-refractivity contribution is 5.78. The maximum atomic E-state index is 13.4. The fourth-order valence-corrected chi connectivity index (χ4v) is 2.98. The van der Waals surface area contributed by atoms with Gasteiger partial charge in [0.2, 0.25) is 0 Å². The normalized spacial score (nSPS) is 11.0. The van der Waals surface area contributed by atoms with E-state index in [0.29, 0.717) is 30.7 Å². The highest BCUT2D eigenvalue weighted by atomic mass is 19.1. The molecule has 0 saturated carbocycles. The first kappa shape index (κ1) is 17.8. The molecule has 0 spiro atoms. The molecule has 0 unspecified atom stereocenters. The third kappa shape index (κ3) is 3.36. The topological polar surface area (TPSA) is 77.8 Å². The lowest BCUT2D eigenvalue weighted by Crippen LogP contribution is -2.12. The van der Waals surface area contributed by atoms with Gasteiger partial charge in [0, 0.05) is 6.54 Å². The number of rotatable bonds is 6. The summed E-state index contributed by atoms with van der Waals surface area (Å²) in [6, 6.07) is 14.4. The second-order valence-electron chi connectivity index (χ2n) is 6.17. The second-order valence-corrected chi connectivity index (χ2v) is 6.17. The van der Waals surface area contributed by atoms with Crippen LogP contribution in [0.1, 0.15) is 18.2 Å². The fraction of sp³-hybridized carbons (Fsp3) is 0.200. The second kappa shape index (κ2) is 7.59. The zero-order valence-corrected chi connectivity index (χ0v) is 15.6. The lowest BCUT2D eigenvalue weighted by atomic mass is 10.2. The first-order valence-corrected chi connectivity index (χ1v) is 8.93. The van der Waals surface area contributed by atoms with E-state index < -0.39 is 0 Å². The number of ether oxygens (including phenoxy) is 1. The predicted molar refractivity (Wildman–Crippen MR) is 104 cm³/mol. The summed E-state index contributed by atoms with van der Waals surface area (Å²) >= 11 is 0. The number of aryl methyl sites for hydroxylation is 1. The number of para-hydroxylation sites is 2. The van der Waals surface area contributed by atoms with E-state index in [1.165, 1.54) is 12.1 Å². The Morgan fingerprint density at radius 2 is 1.93 bits per heavy atom. The van der Waals surface area contributed by atoms with Crippen molar-refractivity contribution in [1.82, 2.24) is 24.7 Å². The summed E-state index contributed by atoms with van der Waals surface area (Å²) in [5, 5.41) is 11.8. The summed E-state index contributed by atoms with van der Waals surface area (Å²) in [5.74, 6) is 0.673. The monoisotopic (exact) mass is 378 g/mol. The highest BCUT2D eigenvalue weighted by Crippen LogP contribution is 2.25. The van der Waals surface area contributed by atoms with Gasteiger partial charge in [0.05, 0.1) is 18.1 Å². The molecule has 0 bridgehead atoms. The summed E-state index contributed by atoms with van der Waals surface area (Å²) in [6.45, 7) is 2.40. The van der Waals surface area contributed by atoms with Crippen molar-refractivity contribution in [1.29, 1.82) is 0 Å². The lowest BCUT2D eigenvalue weighted by molar-refractivity contribution is 0.373. The van der Waals surface area contributed by atoms with Gasteiger partial charge in [0.15, 0.2) is 5.82 Å². The van der Waals surface area contributed by atoms with E-state index >= 15 is 0 Å². The molecular formula is C20H19FN6O. The molecular weight excluding hydrogens is 359 g/mol. The molecule has 0 fully saturated rings. The summed E-state index contributed by atoms with van der Waals surface area (Å²) < 4.78 is 20.6. The van der Waals surface area contributed by atoms with Crippen molar-refractivity contribution in [3.05, 3.63) is 65.6 Å². The molecule has 0 aliphatic carbocycles. The SMILES string of the molecule is CCc1nnc(-n2c(OC)nc3ccccc32)nc1NCc1cccc(F)c1. The first-order chi connectivity index (χ1) is 13.7. The summed E-state index contributed by atoms with van der Waals surface area (Å²) in [5.41, 5.74) is 3.13.